The Morgan fingerprint density at radius 1 is 0.885 bits per heavy atom. The van der Waals surface area contributed by atoms with Crippen molar-refractivity contribution in [2.24, 2.45) is 0 Å². The molecule has 3 nitrogen and oxygen atoms in total. The molecule has 0 fully saturated rings. The van der Waals surface area contributed by atoms with Crippen LogP contribution in [0.5, 0.6) is 11.5 Å². The van der Waals surface area contributed by atoms with Crippen LogP contribution in [0.1, 0.15) is 12.5 Å². The Kier molecular flexibility index (Phi) is 6.34. The van der Waals surface area contributed by atoms with E-state index in [2.05, 4.69) is 17.4 Å². The number of benzene rings is 3. The fourth-order valence-electron chi connectivity index (χ4n) is 2.35. The van der Waals surface area contributed by atoms with Crippen LogP contribution in [0.2, 0.25) is 0 Å². The first-order valence-electron chi connectivity index (χ1n) is 8.50. The van der Waals surface area contributed by atoms with Crippen molar-refractivity contribution >= 4 is 23.4 Å². The number of carbonyl (C=O) groups is 1. The highest BCUT2D eigenvalue weighted by atomic mass is 32.2. The minimum Gasteiger partial charge on any atom is -0.457 e. The molecule has 0 radical (unpaired) electrons. The Labute approximate surface area is 158 Å². The van der Waals surface area contributed by atoms with Gasteiger partial charge >= 0.3 is 0 Å². The number of hydrogen-bond acceptors (Lipinski definition) is 3. The van der Waals surface area contributed by atoms with E-state index in [1.54, 1.807) is 11.8 Å². The van der Waals surface area contributed by atoms with Crippen molar-refractivity contribution in [1.29, 1.82) is 0 Å². The number of anilines is 1. The third-order valence-electron chi connectivity index (χ3n) is 3.81. The van der Waals surface area contributed by atoms with Crippen LogP contribution in [-0.2, 0) is 10.5 Å². The van der Waals surface area contributed by atoms with Gasteiger partial charge in [-0.15, -0.1) is 11.8 Å². The summed E-state index contributed by atoms with van der Waals surface area (Å²) in [6, 6.07) is 27.2. The lowest BCUT2D eigenvalue weighted by molar-refractivity contribution is -0.115. The molecule has 1 atom stereocenters. The summed E-state index contributed by atoms with van der Waals surface area (Å²) in [7, 11) is 0. The Morgan fingerprint density at radius 3 is 2.12 bits per heavy atom. The van der Waals surface area contributed by atoms with E-state index in [0.29, 0.717) is 0 Å². The topological polar surface area (TPSA) is 38.3 Å². The second kappa shape index (κ2) is 9.11. The fourth-order valence-corrected chi connectivity index (χ4v) is 3.19. The van der Waals surface area contributed by atoms with Crippen molar-refractivity contribution in [3.63, 3.8) is 0 Å². The molecule has 0 spiro atoms. The highest BCUT2D eigenvalue weighted by molar-refractivity contribution is 7.99. The van der Waals surface area contributed by atoms with Gasteiger partial charge in [-0.2, -0.15) is 0 Å². The maximum atomic E-state index is 12.3. The van der Waals surface area contributed by atoms with Gasteiger partial charge in [0.1, 0.15) is 11.5 Å². The molecule has 0 heterocycles. The van der Waals surface area contributed by atoms with Gasteiger partial charge in [-0.25, -0.2) is 0 Å². The van der Waals surface area contributed by atoms with Crippen LogP contribution in [0.4, 0.5) is 5.69 Å². The predicted molar refractivity (Wildman–Crippen MR) is 109 cm³/mol. The van der Waals surface area contributed by atoms with E-state index in [4.69, 9.17) is 4.74 Å². The number of amides is 1. The van der Waals surface area contributed by atoms with E-state index in [1.807, 2.05) is 79.7 Å². The van der Waals surface area contributed by atoms with Gasteiger partial charge in [0.05, 0.1) is 5.25 Å². The summed E-state index contributed by atoms with van der Waals surface area (Å²) in [5.74, 6) is 2.35. The number of carbonyl (C=O) groups excluding carboxylic acids is 1. The van der Waals surface area contributed by atoms with Crippen LogP contribution >= 0.6 is 11.8 Å². The average Bonchev–Trinajstić information content (AvgIpc) is 2.69. The van der Waals surface area contributed by atoms with Crippen LogP contribution in [0.25, 0.3) is 0 Å². The lowest BCUT2D eigenvalue weighted by Gasteiger charge is -2.12. The van der Waals surface area contributed by atoms with Gasteiger partial charge in [-0.1, -0.05) is 48.5 Å². The first kappa shape index (κ1) is 18.1. The standard InChI is InChI=1S/C22H21NO2S/c1-17(26-16-18-8-4-2-5-9-18)22(24)23-19-12-14-21(15-13-19)25-20-10-6-3-7-11-20/h2-15,17H,16H2,1H3,(H,23,24)/t17-/m0/s1. The van der Waals surface area contributed by atoms with Gasteiger partial charge < -0.3 is 10.1 Å². The van der Waals surface area contributed by atoms with Crippen molar-refractivity contribution in [2.75, 3.05) is 5.32 Å². The second-order valence-electron chi connectivity index (χ2n) is 5.87. The van der Waals surface area contributed by atoms with Gasteiger partial charge in [0.25, 0.3) is 0 Å². The second-order valence-corrected chi connectivity index (χ2v) is 7.20. The molecule has 1 amide bonds. The first-order chi connectivity index (χ1) is 12.7. The maximum Gasteiger partial charge on any atom is 0.237 e. The van der Waals surface area contributed by atoms with Gasteiger partial charge in [-0.05, 0) is 48.9 Å². The van der Waals surface area contributed by atoms with Crippen LogP contribution in [0.15, 0.2) is 84.9 Å². The minimum atomic E-state index is -0.129. The van der Waals surface area contributed by atoms with Crippen molar-refractivity contribution in [2.45, 2.75) is 17.9 Å². The van der Waals surface area contributed by atoms with E-state index in [1.165, 1.54) is 5.56 Å². The molecule has 0 saturated carbocycles. The number of para-hydroxylation sites is 1. The van der Waals surface area contributed by atoms with E-state index >= 15 is 0 Å². The summed E-state index contributed by atoms with van der Waals surface area (Å²) in [5.41, 5.74) is 1.99. The van der Waals surface area contributed by atoms with Crippen LogP contribution in [0, 0.1) is 0 Å². The molecule has 0 saturated heterocycles. The molecular weight excluding hydrogens is 342 g/mol. The molecule has 0 aliphatic carbocycles. The number of ether oxygens (including phenoxy) is 1. The minimum absolute atomic E-state index is 0.00246. The molecule has 3 aromatic rings. The van der Waals surface area contributed by atoms with E-state index < -0.39 is 0 Å². The molecule has 26 heavy (non-hydrogen) atoms. The predicted octanol–water partition coefficient (Wildman–Crippen LogP) is 5.74. The van der Waals surface area contributed by atoms with Crippen molar-refractivity contribution in [3.8, 4) is 11.5 Å². The van der Waals surface area contributed by atoms with Gasteiger partial charge in [-0.3, -0.25) is 4.79 Å². The number of hydrogen-bond donors (Lipinski definition) is 1. The molecule has 132 valence electrons. The fraction of sp³-hybridized carbons (Fsp3) is 0.136. The molecule has 0 unspecified atom stereocenters. The summed E-state index contributed by atoms with van der Waals surface area (Å²) < 4.78 is 5.76. The van der Waals surface area contributed by atoms with E-state index in [0.717, 1.165) is 22.9 Å². The highest BCUT2D eigenvalue weighted by Crippen LogP contribution is 2.23. The van der Waals surface area contributed by atoms with Gasteiger partial charge in [0.2, 0.25) is 5.91 Å². The lowest BCUT2D eigenvalue weighted by Crippen LogP contribution is -2.22. The molecule has 0 aromatic heterocycles. The maximum absolute atomic E-state index is 12.3. The Morgan fingerprint density at radius 2 is 1.46 bits per heavy atom. The smallest absolute Gasteiger partial charge is 0.237 e. The van der Waals surface area contributed by atoms with E-state index in [9.17, 15) is 4.79 Å². The monoisotopic (exact) mass is 363 g/mol. The zero-order valence-electron chi connectivity index (χ0n) is 14.6. The molecule has 1 N–H and O–H groups in total. The first-order valence-corrected chi connectivity index (χ1v) is 9.55. The van der Waals surface area contributed by atoms with Gasteiger partial charge in [0.15, 0.2) is 0 Å². The molecule has 0 bridgehead atoms. The number of nitrogens with one attached hydrogen (secondary N) is 1. The third kappa shape index (κ3) is 5.39. The van der Waals surface area contributed by atoms with Crippen molar-refractivity contribution in [1.82, 2.24) is 0 Å². The molecule has 4 heteroatoms. The van der Waals surface area contributed by atoms with Gasteiger partial charge in [0, 0.05) is 11.4 Å². The number of thioether (sulfide) groups is 1. The van der Waals surface area contributed by atoms with E-state index in [-0.39, 0.29) is 11.2 Å². The SMILES string of the molecule is C[C@H](SCc1ccccc1)C(=O)Nc1ccc(Oc2ccccc2)cc1. The molecule has 0 aliphatic rings. The lowest BCUT2D eigenvalue weighted by atomic mass is 10.2. The summed E-state index contributed by atoms with van der Waals surface area (Å²) >= 11 is 1.63. The molecule has 0 aliphatic heterocycles. The Hall–Kier alpha value is -2.72. The summed E-state index contributed by atoms with van der Waals surface area (Å²) in [6.45, 7) is 1.93. The van der Waals surface area contributed by atoms with Crippen LogP contribution in [0.3, 0.4) is 0 Å². The summed E-state index contributed by atoms with van der Waals surface area (Å²) in [6.07, 6.45) is 0. The molecular formula is C22H21NO2S. The van der Waals surface area contributed by atoms with Crippen LogP contribution < -0.4 is 10.1 Å². The zero-order valence-corrected chi connectivity index (χ0v) is 15.4. The summed E-state index contributed by atoms with van der Waals surface area (Å²) in [4.78, 5) is 12.3. The quantitative estimate of drug-likeness (QED) is 0.582. The Balaban J connectivity index is 1.50. The normalized spacial score (nSPS) is 11.6. The summed E-state index contributed by atoms with van der Waals surface area (Å²) in [5, 5.41) is 2.82. The largest absolute Gasteiger partial charge is 0.457 e. The molecule has 3 rings (SSSR count). The average molecular weight is 363 g/mol. The number of rotatable bonds is 7. The molecule has 3 aromatic carbocycles. The van der Waals surface area contributed by atoms with Crippen LogP contribution in [-0.4, -0.2) is 11.2 Å². The third-order valence-corrected chi connectivity index (χ3v) is 5.03. The zero-order chi connectivity index (χ0) is 18.2. The highest BCUT2D eigenvalue weighted by Gasteiger charge is 2.13. The Bertz CT molecular complexity index is 820. The van der Waals surface area contributed by atoms with Crippen molar-refractivity contribution in [3.05, 3.63) is 90.5 Å². The van der Waals surface area contributed by atoms with Crippen molar-refractivity contribution < 1.29 is 9.53 Å².